The number of anilines is 1. The highest BCUT2D eigenvalue weighted by atomic mass is 32.1. The van der Waals surface area contributed by atoms with Crippen molar-refractivity contribution in [2.24, 2.45) is 0 Å². The highest BCUT2D eigenvalue weighted by molar-refractivity contribution is 7.18. The molecule has 6 heteroatoms. The van der Waals surface area contributed by atoms with Crippen LogP contribution < -0.4 is 10.9 Å². The molecule has 2 aromatic carbocycles. The molecule has 1 aliphatic carbocycles. The molecule has 0 radical (unpaired) electrons. The van der Waals surface area contributed by atoms with Gasteiger partial charge in [0, 0.05) is 16.1 Å². The summed E-state index contributed by atoms with van der Waals surface area (Å²) in [6, 6.07) is 15.0. The third-order valence-corrected chi connectivity index (χ3v) is 6.92. The third-order valence-electron chi connectivity index (χ3n) is 5.74. The molecule has 5 rings (SSSR count). The van der Waals surface area contributed by atoms with Gasteiger partial charge in [0.1, 0.15) is 10.7 Å². The first kappa shape index (κ1) is 20.4. The van der Waals surface area contributed by atoms with E-state index in [1.54, 1.807) is 17.4 Å². The summed E-state index contributed by atoms with van der Waals surface area (Å²) in [7, 11) is 0. The number of aromatic nitrogens is 2. The number of nitrogens with one attached hydrogen (secondary N) is 2. The number of fused-ring (bicyclic) bond motifs is 3. The van der Waals surface area contributed by atoms with Gasteiger partial charge >= 0.3 is 0 Å². The fourth-order valence-electron chi connectivity index (χ4n) is 4.06. The monoisotopic (exact) mass is 441 g/mol. The van der Waals surface area contributed by atoms with E-state index in [0.717, 1.165) is 40.6 Å². The minimum atomic E-state index is -0.149. The van der Waals surface area contributed by atoms with E-state index in [1.807, 2.05) is 61.5 Å². The lowest BCUT2D eigenvalue weighted by atomic mass is 9.97. The molecule has 0 bridgehead atoms. The predicted molar refractivity (Wildman–Crippen MR) is 131 cm³/mol. The number of carbonyl (C=O) groups is 1. The number of thiophene rings is 1. The Labute approximate surface area is 189 Å². The van der Waals surface area contributed by atoms with E-state index < -0.39 is 0 Å². The fraction of sp³-hybridized carbons (Fsp3) is 0.192. The lowest BCUT2D eigenvalue weighted by molar-refractivity contribution is 0.102. The molecule has 4 aromatic rings. The number of carbonyl (C=O) groups excluding carboxylic acids is 1. The Bertz CT molecular complexity index is 1400. The molecular formula is C26H23N3O2S. The van der Waals surface area contributed by atoms with Crippen molar-refractivity contribution in [2.75, 3.05) is 5.32 Å². The predicted octanol–water partition coefficient (Wildman–Crippen LogP) is 5.59. The van der Waals surface area contributed by atoms with Crippen LogP contribution in [-0.4, -0.2) is 15.9 Å². The second kappa shape index (κ2) is 8.55. The maximum absolute atomic E-state index is 12.7. The molecule has 5 nitrogen and oxygen atoms in total. The summed E-state index contributed by atoms with van der Waals surface area (Å²) in [5.74, 6) is 0.388. The molecule has 2 heterocycles. The summed E-state index contributed by atoms with van der Waals surface area (Å²) in [5, 5.41) is 3.70. The van der Waals surface area contributed by atoms with Crippen molar-refractivity contribution in [3.8, 4) is 0 Å². The maximum Gasteiger partial charge on any atom is 0.260 e. The quantitative estimate of drug-likeness (QED) is 0.433. The fourth-order valence-corrected chi connectivity index (χ4v) is 5.33. The van der Waals surface area contributed by atoms with Crippen molar-refractivity contribution in [1.29, 1.82) is 0 Å². The van der Waals surface area contributed by atoms with Gasteiger partial charge < -0.3 is 10.3 Å². The summed E-state index contributed by atoms with van der Waals surface area (Å²) in [6.45, 7) is 1.99. The minimum absolute atomic E-state index is 0.0619. The van der Waals surface area contributed by atoms with Gasteiger partial charge in [-0.3, -0.25) is 9.59 Å². The van der Waals surface area contributed by atoms with Crippen LogP contribution in [0.5, 0.6) is 0 Å². The van der Waals surface area contributed by atoms with Crippen molar-refractivity contribution < 1.29 is 4.79 Å². The number of hydrogen-bond acceptors (Lipinski definition) is 4. The minimum Gasteiger partial charge on any atom is -0.322 e. The number of nitrogens with zero attached hydrogens (tertiary/aromatic N) is 1. The maximum atomic E-state index is 12.7. The number of aryl methyl sites for hydroxylation is 3. The summed E-state index contributed by atoms with van der Waals surface area (Å²) in [4.78, 5) is 34.9. The Morgan fingerprint density at radius 3 is 2.75 bits per heavy atom. The van der Waals surface area contributed by atoms with Crippen LogP contribution in [0.2, 0.25) is 0 Å². The van der Waals surface area contributed by atoms with Crippen LogP contribution >= 0.6 is 11.3 Å². The van der Waals surface area contributed by atoms with E-state index in [0.29, 0.717) is 17.1 Å². The summed E-state index contributed by atoms with van der Waals surface area (Å²) < 4.78 is 0. The number of H-pyrrole nitrogens is 1. The van der Waals surface area contributed by atoms with E-state index in [2.05, 4.69) is 15.3 Å². The van der Waals surface area contributed by atoms with Crippen molar-refractivity contribution in [1.82, 2.24) is 9.97 Å². The Morgan fingerprint density at radius 2 is 1.91 bits per heavy atom. The molecule has 2 N–H and O–H groups in total. The SMILES string of the molecule is Cc1ccc(C(=O)Nc2cccc(C=Cc3nc4sc5c(c4c(=O)[nH]3)CCCC5)c2)cc1. The van der Waals surface area contributed by atoms with Gasteiger partial charge in [0.2, 0.25) is 0 Å². The van der Waals surface area contributed by atoms with Crippen LogP contribution in [0, 0.1) is 6.92 Å². The van der Waals surface area contributed by atoms with Crippen molar-refractivity contribution in [3.05, 3.63) is 91.8 Å². The van der Waals surface area contributed by atoms with Crippen LogP contribution in [0.25, 0.3) is 22.4 Å². The van der Waals surface area contributed by atoms with Crippen molar-refractivity contribution in [3.63, 3.8) is 0 Å². The number of benzene rings is 2. The molecule has 2 aromatic heterocycles. The number of rotatable bonds is 4. The summed E-state index contributed by atoms with van der Waals surface area (Å²) in [6.07, 6.45) is 8.02. The highest BCUT2D eigenvalue weighted by Crippen LogP contribution is 2.33. The van der Waals surface area contributed by atoms with E-state index in [4.69, 9.17) is 0 Å². The highest BCUT2D eigenvalue weighted by Gasteiger charge is 2.19. The zero-order chi connectivity index (χ0) is 22.1. The Morgan fingerprint density at radius 1 is 1.09 bits per heavy atom. The standard InChI is InChI=1S/C26H23N3O2S/c1-16-9-12-18(13-10-16)24(30)27-19-6-4-5-17(15-19)11-14-22-28-25(31)23-20-7-2-3-8-21(20)32-26(23)29-22/h4-6,9-15H,2-3,7-8H2,1H3,(H,27,30)(H,28,29,31). The van der Waals surface area contributed by atoms with Gasteiger partial charge in [-0.1, -0.05) is 35.9 Å². The van der Waals surface area contributed by atoms with Gasteiger partial charge in [0.25, 0.3) is 11.5 Å². The molecular weight excluding hydrogens is 418 g/mol. The molecule has 0 saturated carbocycles. The number of amides is 1. The molecule has 32 heavy (non-hydrogen) atoms. The van der Waals surface area contributed by atoms with Gasteiger partial charge in [-0.05, 0) is 74.1 Å². The molecule has 0 unspecified atom stereocenters. The lowest BCUT2D eigenvalue weighted by Gasteiger charge is -2.09. The Hall–Kier alpha value is -3.51. The first-order valence-corrected chi connectivity index (χ1v) is 11.6. The van der Waals surface area contributed by atoms with Gasteiger partial charge in [-0.2, -0.15) is 0 Å². The van der Waals surface area contributed by atoms with Crippen LogP contribution in [-0.2, 0) is 12.8 Å². The third kappa shape index (κ3) is 4.14. The molecule has 0 saturated heterocycles. The first-order valence-electron chi connectivity index (χ1n) is 10.8. The van der Waals surface area contributed by atoms with Gasteiger partial charge in [-0.15, -0.1) is 11.3 Å². The van der Waals surface area contributed by atoms with E-state index in [1.165, 1.54) is 16.9 Å². The topological polar surface area (TPSA) is 74.8 Å². The molecule has 0 atom stereocenters. The number of hydrogen-bond donors (Lipinski definition) is 2. The molecule has 0 spiro atoms. The molecule has 0 fully saturated rings. The van der Waals surface area contributed by atoms with Crippen LogP contribution in [0.15, 0.2) is 53.3 Å². The largest absolute Gasteiger partial charge is 0.322 e. The van der Waals surface area contributed by atoms with E-state index >= 15 is 0 Å². The molecule has 160 valence electrons. The average molecular weight is 442 g/mol. The molecule has 1 aliphatic rings. The van der Waals surface area contributed by atoms with Crippen LogP contribution in [0.3, 0.4) is 0 Å². The molecule has 1 amide bonds. The average Bonchev–Trinajstić information content (AvgIpc) is 3.17. The normalized spacial score (nSPS) is 13.4. The summed E-state index contributed by atoms with van der Waals surface area (Å²) in [5.41, 5.74) is 4.47. The summed E-state index contributed by atoms with van der Waals surface area (Å²) >= 11 is 1.65. The van der Waals surface area contributed by atoms with Gasteiger partial charge in [0.05, 0.1) is 5.39 Å². The second-order valence-electron chi connectivity index (χ2n) is 8.12. The van der Waals surface area contributed by atoms with Crippen LogP contribution in [0.1, 0.15) is 50.6 Å². The van der Waals surface area contributed by atoms with Crippen molar-refractivity contribution in [2.45, 2.75) is 32.6 Å². The lowest BCUT2D eigenvalue weighted by Crippen LogP contribution is -2.11. The Kier molecular flexibility index (Phi) is 5.45. The van der Waals surface area contributed by atoms with Gasteiger partial charge in [0.15, 0.2) is 0 Å². The molecule has 0 aliphatic heterocycles. The zero-order valence-corrected chi connectivity index (χ0v) is 18.6. The van der Waals surface area contributed by atoms with E-state index in [9.17, 15) is 9.59 Å². The smallest absolute Gasteiger partial charge is 0.260 e. The number of aromatic amines is 1. The Balaban J connectivity index is 1.37. The first-order chi connectivity index (χ1) is 15.6. The second-order valence-corrected chi connectivity index (χ2v) is 9.20. The van der Waals surface area contributed by atoms with E-state index in [-0.39, 0.29) is 11.5 Å². The van der Waals surface area contributed by atoms with Crippen LogP contribution in [0.4, 0.5) is 5.69 Å². The van der Waals surface area contributed by atoms with Gasteiger partial charge in [-0.25, -0.2) is 4.98 Å². The zero-order valence-electron chi connectivity index (χ0n) is 17.8. The van der Waals surface area contributed by atoms with Crippen molar-refractivity contribution >= 4 is 45.3 Å².